The number of hydrogen-bond donors (Lipinski definition) is 0. The smallest absolute Gasteiger partial charge is 0.542 e. The van der Waals surface area contributed by atoms with Crippen LogP contribution in [0.3, 0.4) is 0 Å². The van der Waals surface area contributed by atoms with E-state index in [2.05, 4.69) is 0 Å². The van der Waals surface area contributed by atoms with Gasteiger partial charge < -0.3 is 19.1 Å². The average Bonchev–Trinajstić information content (AvgIpc) is 2.96. The number of carbonyl (C=O) groups excluding carboxylic acids is 1. The van der Waals surface area contributed by atoms with Crippen LogP contribution in [-0.4, -0.2) is 5.97 Å². The molecule has 0 unspecified atom stereocenters. The molecule has 0 fully saturated rings. The van der Waals surface area contributed by atoms with Gasteiger partial charge in [-0.25, -0.2) is 0 Å². The van der Waals surface area contributed by atoms with Crippen molar-refractivity contribution in [1.29, 1.82) is 0 Å². The molecule has 3 aromatic rings. The zero-order chi connectivity index (χ0) is 17.8. The molecule has 0 amide bonds. The molecule has 0 N–H and O–H groups in total. The van der Waals surface area contributed by atoms with Gasteiger partial charge in [0.25, 0.3) is 0 Å². The Morgan fingerprint density at radius 1 is 1.15 bits per heavy atom. The summed E-state index contributed by atoms with van der Waals surface area (Å²) in [5, 5.41) is 11.5. The van der Waals surface area contributed by atoms with E-state index in [-0.39, 0.29) is 35.3 Å². The molecular formula is C20H16ClNaO4. The number of benzene rings is 2. The number of rotatable bonds is 6. The third kappa shape index (κ3) is 5.15. The first-order chi connectivity index (χ1) is 12.0. The molecule has 2 aromatic carbocycles. The molecule has 128 valence electrons. The molecule has 0 spiro atoms. The molecule has 0 aliphatic heterocycles. The Hall–Kier alpha value is -1.72. The Morgan fingerprint density at radius 2 is 1.88 bits per heavy atom. The molecule has 4 nitrogen and oxygen atoms in total. The number of aryl methyl sites for hydroxylation is 1. The van der Waals surface area contributed by atoms with Crippen molar-refractivity contribution in [3.05, 3.63) is 87.8 Å². The van der Waals surface area contributed by atoms with Crippen molar-refractivity contribution in [1.82, 2.24) is 0 Å². The van der Waals surface area contributed by atoms with E-state index in [0.717, 1.165) is 16.7 Å². The number of aromatic carboxylic acids is 1. The van der Waals surface area contributed by atoms with Crippen molar-refractivity contribution in [2.75, 3.05) is 0 Å². The largest absolute Gasteiger partial charge is 1.00 e. The summed E-state index contributed by atoms with van der Waals surface area (Å²) in [6.45, 7) is 2.22. The maximum Gasteiger partial charge on any atom is 1.00 e. The van der Waals surface area contributed by atoms with Gasteiger partial charge in [0.1, 0.15) is 29.8 Å². The normalized spacial score (nSPS) is 10.2. The number of furan rings is 1. The number of carbonyl (C=O) groups is 1. The average molecular weight is 379 g/mol. The van der Waals surface area contributed by atoms with Crippen molar-refractivity contribution in [3.63, 3.8) is 0 Å². The van der Waals surface area contributed by atoms with Crippen LogP contribution in [0.4, 0.5) is 0 Å². The summed E-state index contributed by atoms with van der Waals surface area (Å²) in [7, 11) is 0. The van der Waals surface area contributed by atoms with Crippen molar-refractivity contribution >= 4 is 17.6 Å². The predicted octanol–water partition coefficient (Wildman–Crippen LogP) is 0.779. The van der Waals surface area contributed by atoms with Gasteiger partial charge in [0.15, 0.2) is 0 Å². The fraction of sp³-hybridized carbons (Fsp3) is 0.150. The summed E-state index contributed by atoms with van der Waals surface area (Å²) < 4.78 is 11.3. The second-order valence-corrected chi connectivity index (χ2v) is 6.14. The molecule has 1 aromatic heterocycles. The molecule has 0 saturated carbocycles. The van der Waals surface area contributed by atoms with Gasteiger partial charge in [0.05, 0.1) is 0 Å². The van der Waals surface area contributed by atoms with E-state index < -0.39 is 5.97 Å². The minimum Gasteiger partial charge on any atom is -0.542 e. The van der Waals surface area contributed by atoms with E-state index in [1.807, 2.05) is 30.3 Å². The first kappa shape index (κ1) is 20.6. The first-order valence-corrected chi connectivity index (χ1v) is 8.16. The Kier molecular flexibility index (Phi) is 7.35. The third-order valence-corrected chi connectivity index (χ3v) is 4.07. The van der Waals surface area contributed by atoms with Crippen molar-refractivity contribution in [2.45, 2.75) is 20.0 Å². The summed E-state index contributed by atoms with van der Waals surface area (Å²) in [5.74, 6) is -0.285. The van der Waals surface area contributed by atoms with Crippen LogP contribution in [0.2, 0.25) is 5.02 Å². The van der Waals surface area contributed by atoms with Crippen molar-refractivity contribution in [2.24, 2.45) is 0 Å². The fourth-order valence-electron chi connectivity index (χ4n) is 2.53. The number of halogens is 1. The summed E-state index contributed by atoms with van der Waals surface area (Å²) in [5.41, 5.74) is 2.62. The Balaban J connectivity index is 0.00000243. The third-order valence-electron chi connectivity index (χ3n) is 3.83. The van der Waals surface area contributed by atoms with Gasteiger partial charge in [-0.3, -0.25) is 0 Å². The SMILES string of the molecule is Cc1cc(C(=O)[O-])oc1Cc1cc(Cl)ccc1OCc1ccccc1.[Na+]. The van der Waals surface area contributed by atoms with E-state index >= 15 is 0 Å². The molecule has 1 heterocycles. The van der Waals surface area contributed by atoms with Gasteiger partial charge in [0.2, 0.25) is 0 Å². The maximum atomic E-state index is 10.9. The summed E-state index contributed by atoms with van der Waals surface area (Å²) in [6, 6.07) is 16.6. The van der Waals surface area contributed by atoms with Gasteiger partial charge in [-0.15, -0.1) is 0 Å². The van der Waals surface area contributed by atoms with Crippen LogP contribution in [0, 0.1) is 6.92 Å². The first-order valence-electron chi connectivity index (χ1n) is 7.79. The van der Waals surface area contributed by atoms with E-state index in [4.69, 9.17) is 20.8 Å². The second kappa shape index (κ2) is 9.28. The van der Waals surface area contributed by atoms with Crippen molar-refractivity contribution < 1.29 is 48.6 Å². The molecule has 0 bridgehead atoms. The molecule has 26 heavy (non-hydrogen) atoms. The van der Waals surface area contributed by atoms with E-state index in [0.29, 0.717) is 29.6 Å². The van der Waals surface area contributed by atoms with Crippen molar-refractivity contribution in [3.8, 4) is 5.75 Å². The molecule has 0 atom stereocenters. The molecular weight excluding hydrogens is 363 g/mol. The van der Waals surface area contributed by atoms with Crippen LogP contribution in [0.1, 0.15) is 33.0 Å². The van der Waals surface area contributed by atoms with Crippen LogP contribution in [0.25, 0.3) is 0 Å². The van der Waals surface area contributed by atoms with Gasteiger partial charge in [-0.05, 0) is 42.3 Å². The van der Waals surface area contributed by atoms with Gasteiger partial charge in [-0.1, -0.05) is 41.9 Å². The minimum atomic E-state index is -1.33. The molecule has 6 heteroatoms. The number of carboxylic acid groups (broad SMARTS) is 1. The van der Waals surface area contributed by atoms with E-state index in [9.17, 15) is 9.90 Å². The quantitative estimate of drug-likeness (QED) is 0.595. The number of ether oxygens (including phenoxy) is 1. The van der Waals surface area contributed by atoms with Crippen LogP contribution in [0.15, 0.2) is 59.0 Å². The maximum absolute atomic E-state index is 10.9. The second-order valence-electron chi connectivity index (χ2n) is 5.71. The summed E-state index contributed by atoms with van der Waals surface area (Å²) in [4.78, 5) is 10.9. The molecule has 0 aliphatic carbocycles. The van der Waals surface area contributed by atoms with Gasteiger partial charge >= 0.3 is 29.6 Å². The van der Waals surface area contributed by atoms with E-state index in [1.54, 1.807) is 25.1 Å². The summed E-state index contributed by atoms with van der Waals surface area (Å²) in [6.07, 6.45) is 0.379. The van der Waals surface area contributed by atoms with Crippen LogP contribution in [-0.2, 0) is 13.0 Å². The molecule has 0 aliphatic rings. The number of carboxylic acids is 1. The van der Waals surface area contributed by atoms with Crippen LogP contribution >= 0.6 is 11.6 Å². The standard InChI is InChI=1S/C20H17ClO4.Na/c1-13-9-19(20(22)23)25-18(13)11-15-10-16(21)7-8-17(15)24-12-14-5-3-2-4-6-14;/h2-10H,11-12H2,1H3,(H,22,23);/q;+1/p-1. The predicted molar refractivity (Wildman–Crippen MR) is 92.8 cm³/mol. The Morgan fingerprint density at radius 3 is 2.54 bits per heavy atom. The van der Waals surface area contributed by atoms with E-state index in [1.165, 1.54) is 6.07 Å². The van der Waals surface area contributed by atoms with Gasteiger partial charge in [-0.2, -0.15) is 0 Å². The molecule has 3 rings (SSSR count). The fourth-order valence-corrected chi connectivity index (χ4v) is 2.73. The Labute approximate surface area is 179 Å². The Bertz CT molecular complexity index is 890. The van der Waals surface area contributed by atoms with Crippen LogP contribution < -0.4 is 39.4 Å². The topological polar surface area (TPSA) is 62.5 Å². The molecule has 0 saturated heterocycles. The monoisotopic (exact) mass is 378 g/mol. The van der Waals surface area contributed by atoms with Gasteiger partial charge in [0, 0.05) is 17.0 Å². The minimum absolute atomic E-state index is 0. The molecule has 0 radical (unpaired) electrons. The summed E-state index contributed by atoms with van der Waals surface area (Å²) >= 11 is 6.11. The van der Waals surface area contributed by atoms with Crippen LogP contribution in [0.5, 0.6) is 5.75 Å². The number of hydrogen-bond acceptors (Lipinski definition) is 4. The zero-order valence-corrected chi connectivity index (χ0v) is 17.4. The zero-order valence-electron chi connectivity index (χ0n) is 14.6.